The van der Waals surface area contributed by atoms with Crippen LogP contribution < -0.4 is 0 Å². The predicted octanol–water partition coefficient (Wildman–Crippen LogP) is 5.27. The van der Waals surface area contributed by atoms with Crippen molar-refractivity contribution in [3.63, 3.8) is 0 Å². The highest BCUT2D eigenvalue weighted by Crippen LogP contribution is 2.21. The van der Waals surface area contributed by atoms with E-state index in [1.54, 1.807) is 4.90 Å². The quantitative estimate of drug-likeness (QED) is 0.503. The van der Waals surface area contributed by atoms with Gasteiger partial charge in [-0.3, -0.25) is 4.79 Å². The molecule has 0 radical (unpaired) electrons. The molecule has 4 aromatic carbocycles. The first-order valence-electron chi connectivity index (χ1n) is 8.43. The van der Waals surface area contributed by atoms with Gasteiger partial charge < -0.3 is 4.90 Å². The Morgan fingerprint density at radius 3 is 2.28 bits per heavy atom. The van der Waals surface area contributed by atoms with Crippen LogP contribution in [0.25, 0.3) is 21.5 Å². The molecule has 0 saturated heterocycles. The summed E-state index contributed by atoms with van der Waals surface area (Å²) in [6, 6.07) is 28.5. The molecule has 0 fully saturated rings. The number of carbonyl (C=O) groups excluding carboxylic acids is 1. The van der Waals surface area contributed by atoms with E-state index >= 15 is 0 Å². The van der Waals surface area contributed by atoms with Gasteiger partial charge in [-0.25, -0.2) is 0 Å². The van der Waals surface area contributed by atoms with Gasteiger partial charge in [0.25, 0.3) is 5.91 Å². The molecule has 0 aromatic heterocycles. The lowest BCUT2D eigenvalue weighted by atomic mass is 10.0. The van der Waals surface area contributed by atoms with Crippen LogP contribution in [-0.2, 0) is 6.54 Å². The lowest BCUT2D eigenvalue weighted by molar-refractivity contribution is 0.0787. The number of rotatable bonds is 3. The van der Waals surface area contributed by atoms with Crippen molar-refractivity contribution in [1.82, 2.24) is 4.90 Å². The molecular formula is C23H19NO. The summed E-state index contributed by atoms with van der Waals surface area (Å²) >= 11 is 0. The van der Waals surface area contributed by atoms with Gasteiger partial charge in [-0.2, -0.15) is 0 Å². The highest BCUT2D eigenvalue weighted by Gasteiger charge is 2.14. The number of carbonyl (C=O) groups is 1. The average molecular weight is 325 g/mol. The zero-order valence-electron chi connectivity index (χ0n) is 14.1. The fourth-order valence-corrected chi connectivity index (χ4v) is 3.30. The second-order valence-electron chi connectivity index (χ2n) is 6.37. The Bertz CT molecular complexity index is 1060. The van der Waals surface area contributed by atoms with Gasteiger partial charge in [0.05, 0.1) is 0 Å². The number of hydrogen-bond acceptors (Lipinski definition) is 1. The van der Waals surface area contributed by atoms with Crippen LogP contribution in [0.15, 0.2) is 84.9 Å². The first-order chi connectivity index (χ1) is 12.2. The van der Waals surface area contributed by atoms with Gasteiger partial charge in [-0.1, -0.05) is 72.8 Å². The molecule has 122 valence electrons. The molecule has 0 saturated carbocycles. The molecule has 0 aliphatic rings. The van der Waals surface area contributed by atoms with Crippen molar-refractivity contribution >= 4 is 27.5 Å². The Labute approximate surface area is 147 Å². The zero-order chi connectivity index (χ0) is 17.2. The molecule has 0 N–H and O–H groups in total. The molecule has 4 aromatic rings. The average Bonchev–Trinajstić information content (AvgIpc) is 2.67. The highest BCUT2D eigenvalue weighted by atomic mass is 16.2. The van der Waals surface area contributed by atoms with Crippen molar-refractivity contribution < 1.29 is 4.79 Å². The summed E-state index contributed by atoms with van der Waals surface area (Å²) in [7, 11) is 1.86. The van der Waals surface area contributed by atoms with E-state index in [2.05, 4.69) is 30.3 Å². The van der Waals surface area contributed by atoms with E-state index in [9.17, 15) is 4.79 Å². The van der Waals surface area contributed by atoms with E-state index < -0.39 is 0 Å². The fourth-order valence-electron chi connectivity index (χ4n) is 3.30. The van der Waals surface area contributed by atoms with Crippen LogP contribution in [-0.4, -0.2) is 17.9 Å². The fraction of sp³-hybridized carbons (Fsp3) is 0.0870. The van der Waals surface area contributed by atoms with Crippen LogP contribution in [0, 0.1) is 0 Å². The highest BCUT2D eigenvalue weighted by molar-refractivity contribution is 6.06. The Balaban J connectivity index is 1.63. The maximum absolute atomic E-state index is 13.0. The summed E-state index contributed by atoms with van der Waals surface area (Å²) in [6.45, 7) is 0.590. The van der Waals surface area contributed by atoms with Crippen LogP contribution in [0.3, 0.4) is 0 Å². The summed E-state index contributed by atoms with van der Waals surface area (Å²) in [5.74, 6) is 0.0463. The summed E-state index contributed by atoms with van der Waals surface area (Å²) in [6.07, 6.45) is 0. The topological polar surface area (TPSA) is 20.3 Å². The molecule has 0 aliphatic carbocycles. The standard InChI is InChI=1S/C23H19NO/c1-24(16-17-13-14-18-7-2-3-9-20(18)15-17)23(25)22-12-6-10-19-8-4-5-11-21(19)22/h2-15H,16H2,1H3. The van der Waals surface area contributed by atoms with Crippen molar-refractivity contribution in [3.05, 3.63) is 96.1 Å². The normalized spacial score (nSPS) is 10.9. The maximum atomic E-state index is 13.0. The van der Waals surface area contributed by atoms with Crippen LogP contribution in [0.5, 0.6) is 0 Å². The molecule has 0 unspecified atom stereocenters. The van der Waals surface area contributed by atoms with Gasteiger partial charge in [-0.15, -0.1) is 0 Å². The molecule has 1 amide bonds. The van der Waals surface area contributed by atoms with Crippen LogP contribution in [0.4, 0.5) is 0 Å². The first kappa shape index (κ1) is 15.4. The van der Waals surface area contributed by atoms with E-state index in [0.717, 1.165) is 21.9 Å². The molecule has 0 atom stereocenters. The third kappa shape index (κ3) is 2.99. The molecule has 25 heavy (non-hydrogen) atoms. The molecule has 0 spiro atoms. The Hall–Kier alpha value is -3.13. The second kappa shape index (κ2) is 6.40. The largest absolute Gasteiger partial charge is 0.337 e. The van der Waals surface area contributed by atoms with Crippen molar-refractivity contribution in [2.75, 3.05) is 7.05 Å². The van der Waals surface area contributed by atoms with E-state index in [1.807, 2.05) is 61.6 Å². The van der Waals surface area contributed by atoms with Crippen LogP contribution in [0.1, 0.15) is 15.9 Å². The van der Waals surface area contributed by atoms with Gasteiger partial charge in [0.2, 0.25) is 0 Å². The van der Waals surface area contributed by atoms with Crippen molar-refractivity contribution in [1.29, 1.82) is 0 Å². The lowest BCUT2D eigenvalue weighted by Gasteiger charge is -2.19. The van der Waals surface area contributed by atoms with E-state index in [4.69, 9.17) is 0 Å². The second-order valence-corrected chi connectivity index (χ2v) is 6.37. The number of fused-ring (bicyclic) bond motifs is 2. The number of hydrogen-bond donors (Lipinski definition) is 0. The lowest BCUT2D eigenvalue weighted by Crippen LogP contribution is -2.26. The first-order valence-corrected chi connectivity index (χ1v) is 8.43. The monoisotopic (exact) mass is 325 g/mol. The predicted molar refractivity (Wildman–Crippen MR) is 104 cm³/mol. The van der Waals surface area contributed by atoms with Crippen molar-refractivity contribution in [2.24, 2.45) is 0 Å². The van der Waals surface area contributed by atoms with Gasteiger partial charge >= 0.3 is 0 Å². The van der Waals surface area contributed by atoms with Crippen molar-refractivity contribution in [2.45, 2.75) is 6.54 Å². The minimum atomic E-state index is 0.0463. The molecule has 4 rings (SSSR count). The zero-order valence-corrected chi connectivity index (χ0v) is 14.1. The van der Waals surface area contributed by atoms with Gasteiger partial charge in [0, 0.05) is 19.2 Å². The summed E-state index contributed by atoms with van der Waals surface area (Å²) in [5.41, 5.74) is 1.89. The number of nitrogens with zero attached hydrogens (tertiary/aromatic N) is 1. The molecule has 0 aliphatic heterocycles. The van der Waals surface area contributed by atoms with Crippen LogP contribution >= 0.6 is 0 Å². The van der Waals surface area contributed by atoms with Gasteiger partial charge in [0.1, 0.15) is 0 Å². The molecule has 0 heterocycles. The molecule has 0 bridgehead atoms. The van der Waals surface area contributed by atoms with E-state index in [-0.39, 0.29) is 5.91 Å². The van der Waals surface area contributed by atoms with Crippen LogP contribution in [0.2, 0.25) is 0 Å². The minimum Gasteiger partial charge on any atom is -0.337 e. The maximum Gasteiger partial charge on any atom is 0.254 e. The number of benzene rings is 4. The van der Waals surface area contributed by atoms with E-state index in [1.165, 1.54) is 10.8 Å². The molecular weight excluding hydrogens is 306 g/mol. The van der Waals surface area contributed by atoms with E-state index in [0.29, 0.717) is 6.54 Å². The molecule has 2 heteroatoms. The van der Waals surface area contributed by atoms with Gasteiger partial charge in [0.15, 0.2) is 0 Å². The SMILES string of the molecule is CN(Cc1ccc2ccccc2c1)C(=O)c1cccc2ccccc12. The van der Waals surface area contributed by atoms with Gasteiger partial charge in [-0.05, 0) is 39.2 Å². The minimum absolute atomic E-state index is 0.0463. The summed E-state index contributed by atoms with van der Waals surface area (Å²) in [4.78, 5) is 14.7. The third-order valence-electron chi connectivity index (χ3n) is 4.60. The summed E-state index contributed by atoms with van der Waals surface area (Å²) in [5, 5.41) is 4.51. The Kier molecular flexibility index (Phi) is 3.95. The smallest absolute Gasteiger partial charge is 0.254 e. The molecule has 2 nitrogen and oxygen atoms in total. The van der Waals surface area contributed by atoms with Crippen molar-refractivity contribution in [3.8, 4) is 0 Å². The Morgan fingerprint density at radius 2 is 1.44 bits per heavy atom. The Morgan fingerprint density at radius 1 is 0.760 bits per heavy atom. The summed E-state index contributed by atoms with van der Waals surface area (Å²) < 4.78 is 0. The number of amides is 1. The third-order valence-corrected chi connectivity index (χ3v) is 4.60.